The molecule has 1 rings (SSSR count). The van der Waals surface area contributed by atoms with E-state index in [0.29, 0.717) is 15.1 Å². The first kappa shape index (κ1) is 15.5. The lowest BCUT2D eigenvalue weighted by molar-refractivity contribution is 0.0956. The number of amides is 1. The molecule has 0 spiro atoms. The van der Waals surface area contributed by atoms with E-state index >= 15 is 0 Å². The number of benzene rings is 1. The van der Waals surface area contributed by atoms with E-state index in [-0.39, 0.29) is 24.0 Å². The summed E-state index contributed by atoms with van der Waals surface area (Å²) in [6.45, 7) is 1.67. The summed E-state index contributed by atoms with van der Waals surface area (Å²) in [7, 11) is -3.06. The molecule has 4 nitrogen and oxygen atoms in total. The Labute approximate surface area is 120 Å². The van der Waals surface area contributed by atoms with Gasteiger partial charge in [-0.15, -0.1) is 0 Å². The Kier molecular flexibility index (Phi) is 5.62. The number of hydrogen-bond acceptors (Lipinski definition) is 3. The quantitative estimate of drug-likeness (QED) is 0.882. The number of nitrogens with one attached hydrogen (secondary N) is 1. The molecule has 0 radical (unpaired) electrons. The second-order valence-electron chi connectivity index (χ2n) is 3.65. The molecule has 18 heavy (non-hydrogen) atoms. The fourth-order valence-corrected chi connectivity index (χ4v) is 2.81. The van der Waals surface area contributed by atoms with Crippen LogP contribution in [0.25, 0.3) is 0 Å². The predicted octanol–water partition coefficient (Wildman–Crippen LogP) is 2.27. The minimum atomic E-state index is -3.06. The van der Waals surface area contributed by atoms with Gasteiger partial charge in [-0.05, 0) is 18.2 Å². The van der Waals surface area contributed by atoms with Crippen LogP contribution in [-0.2, 0) is 9.84 Å². The summed E-state index contributed by atoms with van der Waals surface area (Å²) in [4.78, 5) is 11.7. The lowest BCUT2D eigenvalue weighted by atomic mass is 10.2. The third-order valence-corrected chi connectivity index (χ3v) is 4.65. The molecule has 0 heterocycles. The van der Waals surface area contributed by atoms with Crippen molar-refractivity contribution in [1.29, 1.82) is 0 Å². The summed E-state index contributed by atoms with van der Waals surface area (Å²) in [6.07, 6.45) is 0. The van der Waals surface area contributed by atoms with Gasteiger partial charge in [0.25, 0.3) is 5.91 Å². The van der Waals surface area contributed by atoms with Crippen LogP contribution < -0.4 is 5.32 Å². The SMILES string of the molecule is CCS(=O)(=O)CCNC(=O)c1cc(Cl)cc(Br)c1. The molecule has 0 aliphatic rings. The molecule has 100 valence electrons. The van der Waals surface area contributed by atoms with Gasteiger partial charge in [-0.3, -0.25) is 4.79 Å². The second kappa shape index (κ2) is 6.54. The van der Waals surface area contributed by atoms with Gasteiger partial charge in [0.05, 0.1) is 5.75 Å². The molecule has 0 saturated heterocycles. The molecule has 0 atom stereocenters. The molecule has 0 aromatic heterocycles. The Hall–Kier alpha value is -0.590. The summed E-state index contributed by atoms with van der Waals surface area (Å²) in [5.74, 6) is -0.327. The lowest BCUT2D eigenvalue weighted by Gasteiger charge is -2.06. The molecular weight excluding hydrogens is 342 g/mol. The van der Waals surface area contributed by atoms with E-state index in [4.69, 9.17) is 11.6 Å². The molecule has 0 aliphatic carbocycles. The van der Waals surface area contributed by atoms with Crippen molar-refractivity contribution >= 4 is 43.3 Å². The van der Waals surface area contributed by atoms with Crippen molar-refractivity contribution in [2.45, 2.75) is 6.92 Å². The average molecular weight is 355 g/mol. The molecule has 0 fully saturated rings. The third kappa shape index (κ3) is 4.96. The van der Waals surface area contributed by atoms with Gasteiger partial charge in [-0.1, -0.05) is 34.5 Å². The second-order valence-corrected chi connectivity index (χ2v) is 7.48. The molecule has 0 saturated carbocycles. The molecule has 1 amide bonds. The van der Waals surface area contributed by atoms with Crippen molar-refractivity contribution in [2.24, 2.45) is 0 Å². The molecule has 0 aliphatic heterocycles. The third-order valence-electron chi connectivity index (χ3n) is 2.26. The number of rotatable bonds is 5. The van der Waals surface area contributed by atoms with Crippen LogP contribution in [0.1, 0.15) is 17.3 Å². The summed E-state index contributed by atoms with van der Waals surface area (Å²) >= 11 is 9.05. The van der Waals surface area contributed by atoms with E-state index < -0.39 is 9.84 Å². The zero-order chi connectivity index (χ0) is 13.8. The molecule has 0 unspecified atom stereocenters. The lowest BCUT2D eigenvalue weighted by Crippen LogP contribution is -2.29. The van der Waals surface area contributed by atoms with Gasteiger partial charge < -0.3 is 5.32 Å². The summed E-state index contributed by atoms with van der Waals surface area (Å²) in [5.41, 5.74) is 0.392. The minimum Gasteiger partial charge on any atom is -0.351 e. The Morgan fingerprint density at radius 1 is 1.39 bits per heavy atom. The molecular formula is C11H13BrClNO3S. The highest BCUT2D eigenvalue weighted by atomic mass is 79.9. The van der Waals surface area contributed by atoms with Crippen LogP contribution >= 0.6 is 27.5 Å². The average Bonchev–Trinajstić information content (AvgIpc) is 2.27. The van der Waals surface area contributed by atoms with Gasteiger partial charge >= 0.3 is 0 Å². The van der Waals surface area contributed by atoms with Crippen molar-refractivity contribution in [3.63, 3.8) is 0 Å². The number of carbonyl (C=O) groups excluding carboxylic acids is 1. The highest BCUT2D eigenvalue weighted by molar-refractivity contribution is 9.10. The highest BCUT2D eigenvalue weighted by Crippen LogP contribution is 2.19. The Bertz CT molecular complexity index is 525. The van der Waals surface area contributed by atoms with Gasteiger partial charge in [0.15, 0.2) is 9.84 Å². The summed E-state index contributed by atoms with van der Waals surface area (Å²) in [6, 6.07) is 4.81. The fourth-order valence-electron chi connectivity index (χ4n) is 1.25. The fraction of sp³-hybridized carbons (Fsp3) is 0.364. The van der Waals surface area contributed by atoms with E-state index in [2.05, 4.69) is 21.2 Å². The van der Waals surface area contributed by atoms with Crippen molar-refractivity contribution in [3.8, 4) is 0 Å². The zero-order valence-electron chi connectivity index (χ0n) is 9.74. The standard InChI is InChI=1S/C11H13BrClNO3S/c1-2-18(16,17)4-3-14-11(15)8-5-9(12)7-10(13)6-8/h5-7H,2-4H2,1H3,(H,14,15). The van der Waals surface area contributed by atoms with Crippen molar-refractivity contribution in [2.75, 3.05) is 18.1 Å². The van der Waals surface area contributed by atoms with Crippen LogP contribution in [0.4, 0.5) is 0 Å². The maximum absolute atomic E-state index is 11.7. The van der Waals surface area contributed by atoms with E-state index in [9.17, 15) is 13.2 Å². The van der Waals surface area contributed by atoms with Crippen molar-refractivity contribution < 1.29 is 13.2 Å². The normalized spacial score (nSPS) is 11.3. The smallest absolute Gasteiger partial charge is 0.251 e. The van der Waals surface area contributed by atoms with E-state index in [1.165, 1.54) is 6.07 Å². The first-order valence-electron chi connectivity index (χ1n) is 5.29. The molecule has 0 bridgehead atoms. The van der Waals surface area contributed by atoms with Gasteiger partial charge in [0.1, 0.15) is 0 Å². The Morgan fingerprint density at radius 3 is 2.61 bits per heavy atom. The summed E-state index contributed by atoms with van der Waals surface area (Å²) < 4.78 is 23.2. The molecule has 7 heteroatoms. The van der Waals surface area contributed by atoms with Gasteiger partial charge in [-0.2, -0.15) is 0 Å². The van der Waals surface area contributed by atoms with Crippen LogP contribution in [0.5, 0.6) is 0 Å². The van der Waals surface area contributed by atoms with E-state index in [1.54, 1.807) is 19.1 Å². The van der Waals surface area contributed by atoms with E-state index in [0.717, 1.165) is 0 Å². The minimum absolute atomic E-state index is 0.0586. The predicted molar refractivity (Wildman–Crippen MR) is 75.8 cm³/mol. The largest absolute Gasteiger partial charge is 0.351 e. The molecule has 1 N–H and O–H groups in total. The van der Waals surface area contributed by atoms with Gasteiger partial charge in [0.2, 0.25) is 0 Å². The number of sulfone groups is 1. The first-order valence-corrected chi connectivity index (χ1v) is 8.28. The topological polar surface area (TPSA) is 63.2 Å². The van der Waals surface area contributed by atoms with Crippen LogP contribution in [0.3, 0.4) is 0 Å². The van der Waals surface area contributed by atoms with Crippen molar-refractivity contribution in [1.82, 2.24) is 5.32 Å². The maximum Gasteiger partial charge on any atom is 0.251 e. The van der Waals surface area contributed by atoms with Crippen molar-refractivity contribution in [3.05, 3.63) is 33.3 Å². The number of carbonyl (C=O) groups is 1. The van der Waals surface area contributed by atoms with E-state index in [1.807, 2.05) is 0 Å². The monoisotopic (exact) mass is 353 g/mol. The Balaban J connectivity index is 2.61. The molecule has 1 aromatic carbocycles. The Morgan fingerprint density at radius 2 is 2.06 bits per heavy atom. The van der Waals surface area contributed by atoms with Crippen LogP contribution in [-0.4, -0.2) is 32.4 Å². The summed E-state index contributed by atoms with van der Waals surface area (Å²) in [5, 5.41) is 2.99. The van der Waals surface area contributed by atoms with Crippen LogP contribution in [0.15, 0.2) is 22.7 Å². The number of hydrogen-bond donors (Lipinski definition) is 1. The zero-order valence-corrected chi connectivity index (χ0v) is 12.9. The highest BCUT2D eigenvalue weighted by Gasteiger charge is 2.10. The maximum atomic E-state index is 11.7. The van der Waals surface area contributed by atoms with Gasteiger partial charge in [-0.25, -0.2) is 8.42 Å². The molecule has 1 aromatic rings. The first-order chi connectivity index (χ1) is 8.34. The van der Waals surface area contributed by atoms with Crippen LogP contribution in [0, 0.1) is 0 Å². The van der Waals surface area contributed by atoms with Crippen LogP contribution in [0.2, 0.25) is 5.02 Å². The number of halogens is 2. The van der Waals surface area contributed by atoms with Gasteiger partial charge in [0, 0.05) is 27.4 Å².